The minimum absolute atomic E-state index is 0.0384. The van der Waals surface area contributed by atoms with Crippen LogP contribution in [0.15, 0.2) is 70.0 Å². The summed E-state index contributed by atoms with van der Waals surface area (Å²) in [5, 5.41) is 0.548. The molecule has 0 atom stereocenters. The van der Waals surface area contributed by atoms with E-state index in [-0.39, 0.29) is 24.7 Å². The summed E-state index contributed by atoms with van der Waals surface area (Å²) in [4.78, 5) is 44.7. The summed E-state index contributed by atoms with van der Waals surface area (Å²) in [6, 6.07) is 17.1. The van der Waals surface area contributed by atoms with Crippen molar-refractivity contribution < 1.29 is 37.6 Å². The minimum atomic E-state index is -4.51. The van der Waals surface area contributed by atoms with E-state index in [9.17, 15) is 14.2 Å². The molecule has 1 aliphatic heterocycles. The van der Waals surface area contributed by atoms with Crippen molar-refractivity contribution in [1.29, 1.82) is 0 Å². The SMILES string of the molecule is O=C(OCCCCOP(=O)(O)O)c1cccc(N2C(=O)/C(=C\c3ccc(-c4ccccc4Cl)o3)SC2=S)c1. The Morgan fingerprint density at radius 3 is 2.63 bits per heavy atom. The van der Waals surface area contributed by atoms with E-state index in [1.807, 2.05) is 18.2 Å². The van der Waals surface area contributed by atoms with E-state index in [1.165, 1.54) is 11.0 Å². The van der Waals surface area contributed by atoms with E-state index in [1.54, 1.807) is 42.5 Å². The Kier molecular flexibility index (Phi) is 9.22. The van der Waals surface area contributed by atoms with Crippen molar-refractivity contribution >= 4 is 71.4 Å². The largest absolute Gasteiger partial charge is 0.469 e. The van der Waals surface area contributed by atoms with Crippen LogP contribution in [-0.4, -0.2) is 39.2 Å². The predicted molar refractivity (Wildman–Crippen MR) is 149 cm³/mol. The molecule has 0 aliphatic carbocycles. The van der Waals surface area contributed by atoms with E-state index >= 15 is 0 Å². The number of rotatable bonds is 10. The van der Waals surface area contributed by atoms with Gasteiger partial charge in [-0.3, -0.25) is 14.2 Å². The molecule has 2 heterocycles. The topological polar surface area (TPSA) is 127 Å². The average Bonchev–Trinajstić information content (AvgIpc) is 3.44. The van der Waals surface area contributed by atoms with Gasteiger partial charge in [0.25, 0.3) is 5.91 Å². The van der Waals surface area contributed by atoms with Crippen LogP contribution in [0.2, 0.25) is 5.02 Å². The molecular weight excluding hydrogens is 573 g/mol. The van der Waals surface area contributed by atoms with Crippen LogP contribution in [0.4, 0.5) is 5.69 Å². The third kappa shape index (κ3) is 7.21. The van der Waals surface area contributed by atoms with Crippen LogP contribution in [0.1, 0.15) is 29.0 Å². The number of amides is 1. The van der Waals surface area contributed by atoms with E-state index in [4.69, 9.17) is 42.8 Å². The Hall–Kier alpha value is -2.76. The van der Waals surface area contributed by atoms with Crippen LogP contribution in [0.3, 0.4) is 0 Å². The smallest absolute Gasteiger partial charge is 0.462 e. The van der Waals surface area contributed by atoms with Crippen LogP contribution in [0, 0.1) is 0 Å². The van der Waals surface area contributed by atoms with E-state index < -0.39 is 13.8 Å². The first-order valence-corrected chi connectivity index (χ1v) is 14.4. The van der Waals surface area contributed by atoms with Crippen molar-refractivity contribution in [3.8, 4) is 11.3 Å². The van der Waals surface area contributed by atoms with Crippen molar-refractivity contribution in [1.82, 2.24) is 0 Å². The lowest BCUT2D eigenvalue weighted by Crippen LogP contribution is -2.27. The first kappa shape index (κ1) is 28.3. The summed E-state index contributed by atoms with van der Waals surface area (Å²) in [6.45, 7) is -0.116. The zero-order valence-corrected chi connectivity index (χ0v) is 22.9. The van der Waals surface area contributed by atoms with Crippen molar-refractivity contribution in [2.24, 2.45) is 0 Å². The number of thioether (sulfide) groups is 1. The lowest BCUT2D eigenvalue weighted by atomic mass is 10.2. The first-order valence-electron chi connectivity index (χ1n) is 11.2. The Bertz CT molecular complexity index is 1450. The molecule has 2 N–H and O–H groups in total. The molecule has 4 rings (SSSR count). The zero-order valence-electron chi connectivity index (χ0n) is 19.6. The van der Waals surface area contributed by atoms with Crippen molar-refractivity contribution in [3.63, 3.8) is 0 Å². The van der Waals surface area contributed by atoms with E-state index in [0.717, 1.165) is 17.3 Å². The molecule has 0 unspecified atom stereocenters. The molecular formula is C25H21ClNO8PS2. The maximum absolute atomic E-state index is 13.2. The highest BCUT2D eigenvalue weighted by atomic mass is 35.5. The van der Waals surface area contributed by atoms with Crippen molar-refractivity contribution in [3.05, 3.63) is 81.9 Å². The average molecular weight is 594 g/mol. The number of hydrogen-bond donors (Lipinski definition) is 2. The molecule has 3 aromatic rings. The predicted octanol–water partition coefficient (Wildman–Crippen LogP) is 6.05. The summed E-state index contributed by atoms with van der Waals surface area (Å²) >= 11 is 12.8. The first-order chi connectivity index (χ1) is 18.1. The fourth-order valence-corrected chi connectivity index (χ4v) is 5.34. The highest BCUT2D eigenvalue weighted by Gasteiger charge is 2.34. The lowest BCUT2D eigenvalue weighted by Gasteiger charge is -2.15. The van der Waals surface area contributed by atoms with Gasteiger partial charge in [0.05, 0.1) is 34.4 Å². The highest BCUT2D eigenvalue weighted by molar-refractivity contribution is 8.27. The molecule has 2 aromatic carbocycles. The Morgan fingerprint density at radius 1 is 1.11 bits per heavy atom. The van der Waals surface area contributed by atoms with Gasteiger partial charge in [-0.1, -0.05) is 53.8 Å². The molecule has 1 fully saturated rings. The standard InChI is InChI=1S/C25H21ClNO8PS2/c26-20-9-2-1-8-19(20)21-11-10-18(35-21)15-22-23(28)27(25(37)38-22)17-7-5-6-16(14-17)24(29)33-12-3-4-13-34-36(30,31)32/h1-2,5-11,14-15H,3-4,12-13H2,(H2,30,31,32)/b22-15+. The number of phosphoric acid groups is 1. The monoisotopic (exact) mass is 593 g/mol. The number of thiocarbonyl (C=S) groups is 1. The van der Waals surface area contributed by atoms with Gasteiger partial charge in [-0.15, -0.1) is 0 Å². The molecule has 0 radical (unpaired) electrons. The third-order valence-corrected chi connectivity index (χ3v) is 7.36. The summed E-state index contributed by atoms with van der Waals surface area (Å²) < 4.78 is 26.4. The number of phosphoric ester groups is 1. The second kappa shape index (κ2) is 12.4. The van der Waals surface area contributed by atoms with E-state index in [2.05, 4.69) is 4.52 Å². The van der Waals surface area contributed by atoms with Gasteiger partial charge in [0.15, 0.2) is 4.32 Å². The molecule has 0 bridgehead atoms. The second-order valence-corrected chi connectivity index (χ2v) is 11.2. The van der Waals surface area contributed by atoms with Gasteiger partial charge in [0.2, 0.25) is 0 Å². The number of benzene rings is 2. The van der Waals surface area contributed by atoms with Gasteiger partial charge in [0.1, 0.15) is 11.5 Å². The maximum Gasteiger partial charge on any atom is 0.469 e. The Morgan fingerprint density at radius 2 is 1.87 bits per heavy atom. The Balaban J connectivity index is 1.40. The molecule has 1 amide bonds. The van der Waals surface area contributed by atoms with Crippen molar-refractivity contribution in [2.45, 2.75) is 12.8 Å². The van der Waals surface area contributed by atoms with Gasteiger partial charge in [-0.05, 0) is 55.3 Å². The molecule has 1 aliphatic rings. The normalized spacial score (nSPS) is 14.9. The number of ether oxygens (including phenoxy) is 1. The zero-order chi connectivity index (χ0) is 27.3. The Labute approximate surface area is 232 Å². The molecule has 1 saturated heterocycles. The molecule has 38 heavy (non-hydrogen) atoms. The maximum atomic E-state index is 13.2. The fraction of sp³-hybridized carbons (Fsp3) is 0.160. The summed E-state index contributed by atoms with van der Waals surface area (Å²) in [5.41, 5.74) is 1.37. The second-order valence-electron chi connectivity index (χ2n) is 7.92. The number of furan rings is 1. The molecule has 1 aromatic heterocycles. The molecule has 198 valence electrons. The molecule has 9 nitrogen and oxygen atoms in total. The third-order valence-electron chi connectivity index (χ3n) is 5.20. The fourth-order valence-electron chi connectivity index (χ4n) is 3.46. The molecule has 0 spiro atoms. The lowest BCUT2D eigenvalue weighted by molar-refractivity contribution is -0.113. The number of nitrogens with zero attached hydrogens (tertiary/aromatic N) is 1. The number of carbonyl (C=O) groups excluding carboxylic acids is 2. The molecule has 0 saturated carbocycles. The van der Waals surface area contributed by atoms with Crippen LogP contribution < -0.4 is 4.90 Å². The number of esters is 1. The van der Waals surface area contributed by atoms with Crippen LogP contribution in [0.25, 0.3) is 17.4 Å². The summed E-state index contributed by atoms with van der Waals surface area (Å²) in [5.74, 6) is 0.0690. The van der Waals surface area contributed by atoms with Crippen LogP contribution >= 0.6 is 43.4 Å². The number of unbranched alkanes of at least 4 members (excludes halogenated alkanes) is 1. The van der Waals surface area contributed by atoms with E-state index in [0.29, 0.717) is 44.3 Å². The van der Waals surface area contributed by atoms with Crippen LogP contribution in [-0.2, 0) is 18.6 Å². The number of carbonyl (C=O) groups is 2. The number of anilines is 1. The quantitative estimate of drug-likeness (QED) is 0.0942. The number of hydrogen-bond acceptors (Lipinski definition) is 8. The summed E-state index contributed by atoms with van der Waals surface area (Å²) in [6.07, 6.45) is 2.26. The van der Waals surface area contributed by atoms with Gasteiger partial charge in [-0.2, -0.15) is 0 Å². The van der Waals surface area contributed by atoms with Gasteiger partial charge in [-0.25, -0.2) is 9.36 Å². The van der Waals surface area contributed by atoms with Gasteiger partial charge >= 0.3 is 13.8 Å². The highest BCUT2D eigenvalue weighted by Crippen LogP contribution is 2.38. The minimum Gasteiger partial charge on any atom is -0.462 e. The summed E-state index contributed by atoms with van der Waals surface area (Å²) in [7, 11) is -4.51. The van der Waals surface area contributed by atoms with Crippen LogP contribution in [0.5, 0.6) is 0 Å². The van der Waals surface area contributed by atoms with Gasteiger partial charge < -0.3 is 18.9 Å². The molecule has 13 heteroatoms. The van der Waals surface area contributed by atoms with Gasteiger partial charge in [0, 0.05) is 11.6 Å². The number of halogens is 1. The van der Waals surface area contributed by atoms with Crippen molar-refractivity contribution in [2.75, 3.05) is 18.1 Å².